The average Bonchev–Trinajstić information content (AvgIpc) is 2.89. The zero-order valence-corrected chi connectivity index (χ0v) is 12.9. The molecule has 6 nitrogen and oxygen atoms in total. The summed E-state index contributed by atoms with van der Waals surface area (Å²) in [5.74, 6) is -3.41. The van der Waals surface area contributed by atoms with Crippen LogP contribution in [0.4, 0.5) is 45.3 Å². The predicted octanol–water partition coefficient (Wildman–Crippen LogP) is 3.85. The number of nitrogen functional groups attached to an aromatic ring is 1. The molecule has 2 N–H and O–H groups in total. The van der Waals surface area contributed by atoms with Crippen LogP contribution in [0.1, 0.15) is 17.1 Å². The van der Waals surface area contributed by atoms with E-state index < -0.39 is 58.3 Å². The first-order valence-corrected chi connectivity index (χ1v) is 6.94. The van der Waals surface area contributed by atoms with Crippen LogP contribution >= 0.6 is 0 Å². The van der Waals surface area contributed by atoms with E-state index in [0.717, 1.165) is 6.07 Å². The van der Waals surface area contributed by atoms with Crippen molar-refractivity contribution in [3.05, 3.63) is 35.4 Å². The molecule has 0 aromatic carbocycles. The molecule has 0 saturated heterocycles. The van der Waals surface area contributed by atoms with Crippen molar-refractivity contribution in [2.75, 3.05) is 5.73 Å². The topological polar surface area (TPSA) is 82.5 Å². The Bertz CT molecular complexity index is 1030. The Morgan fingerprint density at radius 2 is 1.46 bits per heavy atom. The van der Waals surface area contributed by atoms with Gasteiger partial charge in [-0.3, -0.25) is 0 Å². The Morgan fingerprint density at radius 3 is 1.93 bits per heavy atom. The molecule has 3 aromatic rings. The fraction of sp³-hybridized carbons (Fsp3) is 0.231. The van der Waals surface area contributed by atoms with Crippen LogP contribution in [-0.2, 0) is 18.5 Å². The van der Waals surface area contributed by atoms with Crippen LogP contribution in [0.3, 0.4) is 0 Å². The highest BCUT2D eigenvalue weighted by atomic mass is 19.4. The molecule has 0 unspecified atom stereocenters. The first-order chi connectivity index (χ1) is 12.7. The predicted molar refractivity (Wildman–Crippen MR) is 73.9 cm³/mol. The maximum atomic E-state index is 13.2. The molecule has 15 heteroatoms. The summed E-state index contributed by atoms with van der Waals surface area (Å²) in [6, 6.07) is 1.28. The normalized spacial score (nSPS) is 13.3. The summed E-state index contributed by atoms with van der Waals surface area (Å²) in [6.45, 7) is 0. The van der Waals surface area contributed by atoms with Crippen molar-refractivity contribution in [2.45, 2.75) is 18.5 Å². The van der Waals surface area contributed by atoms with E-state index in [9.17, 15) is 39.5 Å². The number of alkyl halides is 9. The number of hydrogen-bond acceptors (Lipinski definition) is 5. The van der Waals surface area contributed by atoms with E-state index in [0.29, 0.717) is 16.9 Å². The van der Waals surface area contributed by atoms with Crippen molar-refractivity contribution in [3.8, 4) is 5.82 Å². The number of halogens is 9. The Balaban J connectivity index is 2.25. The van der Waals surface area contributed by atoms with E-state index in [1.165, 1.54) is 0 Å². The number of rotatable bonds is 1. The summed E-state index contributed by atoms with van der Waals surface area (Å²) in [4.78, 5) is 8.81. The lowest BCUT2D eigenvalue weighted by Gasteiger charge is -2.10. The van der Waals surface area contributed by atoms with Gasteiger partial charge in [-0.1, -0.05) is 0 Å². The molecule has 3 aromatic heterocycles. The van der Waals surface area contributed by atoms with Gasteiger partial charge in [0.15, 0.2) is 17.2 Å². The summed E-state index contributed by atoms with van der Waals surface area (Å²) in [5, 5.41) is 2.38. The molecule has 28 heavy (non-hydrogen) atoms. The molecule has 0 aliphatic rings. The maximum Gasteiger partial charge on any atom is 0.451 e. The minimum absolute atomic E-state index is 0.360. The van der Waals surface area contributed by atoms with Gasteiger partial charge in [-0.15, -0.1) is 5.10 Å². The minimum atomic E-state index is -5.34. The standard InChI is InChI=1S/C13H5F9N6/c14-11(15,16)4-1-2-5(24-3-4)28-8(23)6-7(12(17,18)19)25-10(13(20,21)22)26-9(6)27-28/h1-3H,23H2. The molecule has 0 amide bonds. The van der Waals surface area contributed by atoms with Crippen LogP contribution in [0.2, 0.25) is 0 Å². The summed E-state index contributed by atoms with van der Waals surface area (Å²) < 4.78 is 116. The van der Waals surface area contributed by atoms with Crippen molar-refractivity contribution in [1.29, 1.82) is 0 Å². The van der Waals surface area contributed by atoms with Gasteiger partial charge in [0.05, 0.1) is 10.9 Å². The first kappa shape index (κ1) is 19.6. The summed E-state index contributed by atoms with van der Waals surface area (Å²) in [7, 11) is 0. The Morgan fingerprint density at radius 1 is 0.821 bits per heavy atom. The second-order valence-electron chi connectivity index (χ2n) is 5.29. The highest BCUT2D eigenvalue weighted by Crippen LogP contribution is 2.38. The molecule has 0 saturated carbocycles. The lowest BCUT2D eigenvalue weighted by Crippen LogP contribution is -2.17. The Hall–Kier alpha value is -3.13. The molecule has 0 atom stereocenters. The smallest absolute Gasteiger partial charge is 0.383 e. The monoisotopic (exact) mass is 416 g/mol. The molecule has 3 heterocycles. The van der Waals surface area contributed by atoms with Gasteiger partial charge < -0.3 is 5.73 Å². The number of fused-ring (bicyclic) bond motifs is 1. The molecular weight excluding hydrogens is 411 g/mol. The minimum Gasteiger partial charge on any atom is -0.383 e. The number of hydrogen-bond donors (Lipinski definition) is 1. The van der Waals surface area contributed by atoms with Crippen molar-refractivity contribution in [1.82, 2.24) is 24.7 Å². The molecule has 150 valence electrons. The van der Waals surface area contributed by atoms with E-state index in [2.05, 4.69) is 20.1 Å². The molecule has 0 spiro atoms. The van der Waals surface area contributed by atoms with E-state index >= 15 is 0 Å². The van der Waals surface area contributed by atoms with Crippen LogP contribution in [0.5, 0.6) is 0 Å². The summed E-state index contributed by atoms with van der Waals surface area (Å²) in [6.07, 6.45) is -15.0. The third-order valence-electron chi connectivity index (χ3n) is 3.38. The number of aromatic nitrogens is 5. The molecule has 0 aliphatic heterocycles. The van der Waals surface area contributed by atoms with Crippen LogP contribution in [-0.4, -0.2) is 24.7 Å². The lowest BCUT2D eigenvalue weighted by atomic mass is 10.2. The SMILES string of the molecule is Nc1c2c(C(F)(F)F)nc(C(F)(F)F)nc2nn1-c1ccc(C(F)(F)F)cn1. The van der Waals surface area contributed by atoms with Gasteiger partial charge in [-0.2, -0.15) is 44.2 Å². The molecule has 0 radical (unpaired) electrons. The molecule has 0 fully saturated rings. The highest BCUT2D eigenvalue weighted by molar-refractivity contribution is 5.89. The van der Waals surface area contributed by atoms with Crippen LogP contribution in [0.15, 0.2) is 18.3 Å². The van der Waals surface area contributed by atoms with Gasteiger partial charge in [-0.25, -0.2) is 15.0 Å². The second-order valence-corrected chi connectivity index (χ2v) is 5.29. The molecular formula is C13H5F9N6. The number of pyridine rings is 1. The fourth-order valence-electron chi connectivity index (χ4n) is 2.20. The van der Waals surface area contributed by atoms with Crippen LogP contribution in [0, 0.1) is 0 Å². The zero-order valence-electron chi connectivity index (χ0n) is 12.9. The molecule has 0 aliphatic carbocycles. The Kier molecular flexibility index (Phi) is 4.16. The molecule has 3 rings (SSSR count). The number of nitrogens with zero attached hydrogens (tertiary/aromatic N) is 5. The molecule has 0 bridgehead atoms. The van der Waals surface area contributed by atoms with Crippen LogP contribution < -0.4 is 5.73 Å². The Labute approximate surface area is 147 Å². The summed E-state index contributed by atoms with van der Waals surface area (Å²) in [5.41, 5.74) is 1.33. The van der Waals surface area contributed by atoms with Gasteiger partial charge in [0.1, 0.15) is 5.82 Å². The number of anilines is 1. The highest BCUT2D eigenvalue weighted by Gasteiger charge is 2.43. The van der Waals surface area contributed by atoms with Crippen LogP contribution in [0.25, 0.3) is 16.9 Å². The average molecular weight is 416 g/mol. The third-order valence-corrected chi connectivity index (χ3v) is 3.38. The van der Waals surface area contributed by atoms with Gasteiger partial charge >= 0.3 is 18.5 Å². The van der Waals surface area contributed by atoms with E-state index in [4.69, 9.17) is 5.73 Å². The second kappa shape index (κ2) is 5.93. The van der Waals surface area contributed by atoms with Crippen molar-refractivity contribution < 1.29 is 39.5 Å². The van der Waals surface area contributed by atoms with Gasteiger partial charge in [0.25, 0.3) is 0 Å². The number of nitrogens with two attached hydrogens (primary N) is 1. The third kappa shape index (κ3) is 3.38. The van der Waals surface area contributed by atoms with E-state index in [-0.39, 0.29) is 0 Å². The zero-order chi connectivity index (χ0) is 21.1. The van der Waals surface area contributed by atoms with Crippen molar-refractivity contribution in [3.63, 3.8) is 0 Å². The fourth-order valence-corrected chi connectivity index (χ4v) is 2.20. The van der Waals surface area contributed by atoms with E-state index in [1.807, 2.05) is 0 Å². The summed E-state index contributed by atoms with van der Waals surface area (Å²) >= 11 is 0. The van der Waals surface area contributed by atoms with Gasteiger partial charge in [0.2, 0.25) is 5.82 Å². The maximum absolute atomic E-state index is 13.2. The largest absolute Gasteiger partial charge is 0.451 e. The van der Waals surface area contributed by atoms with E-state index in [1.54, 1.807) is 0 Å². The van der Waals surface area contributed by atoms with Crippen molar-refractivity contribution in [2.24, 2.45) is 0 Å². The first-order valence-electron chi connectivity index (χ1n) is 6.94. The van der Waals surface area contributed by atoms with Crippen molar-refractivity contribution >= 4 is 16.9 Å². The van der Waals surface area contributed by atoms with Gasteiger partial charge in [-0.05, 0) is 12.1 Å². The quantitative estimate of drug-likeness (QED) is 0.610. The lowest BCUT2D eigenvalue weighted by molar-refractivity contribution is -0.151. The van der Waals surface area contributed by atoms with Gasteiger partial charge in [0, 0.05) is 6.20 Å².